The average molecular weight is 382 g/mol. The molecule has 0 aliphatic rings. The normalized spacial score (nSPS) is 10.8. The van der Waals surface area contributed by atoms with Crippen molar-refractivity contribution in [2.45, 2.75) is 6.54 Å². The Morgan fingerprint density at radius 2 is 1.83 bits per heavy atom. The van der Waals surface area contributed by atoms with E-state index in [9.17, 15) is 9.90 Å². The second kappa shape index (κ2) is 6.85. The average Bonchev–Trinajstić information content (AvgIpc) is 2.95. The summed E-state index contributed by atoms with van der Waals surface area (Å²) in [6, 6.07) is 10.1. The molecule has 4 nitrogen and oxygen atoms in total. The van der Waals surface area contributed by atoms with Gasteiger partial charge in [-0.25, -0.2) is 4.79 Å². The molecule has 0 radical (unpaired) electrons. The molecule has 0 bridgehead atoms. The minimum atomic E-state index is -1.03. The van der Waals surface area contributed by atoms with Crippen LogP contribution in [0.15, 0.2) is 48.8 Å². The fourth-order valence-corrected chi connectivity index (χ4v) is 3.01. The first-order chi connectivity index (χ1) is 11.5. The maximum atomic E-state index is 11.6. The summed E-state index contributed by atoms with van der Waals surface area (Å²) >= 11 is 18.2. The van der Waals surface area contributed by atoms with Gasteiger partial charge in [-0.15, -0.1) is 0 Å². The van der Waals surface area contributed by atoms with Crippen LogP contribution in [0.25, 0.3) is 11.3 Å². The molecule has 24 heavy (non-hydrogen) atoms. The van der Waals surface area contributed by atoms with Gasteiger partial charge in [0.15, 0.2) is 0 Å². The van der Waals surface area contributed by atoms with Crippen molar-refractivity contribution in [2.75, 3.05) is 0 Å². The minimum Gasteiger partial charge on any atom is -0.477 e. The van der Waals surface area contributed by atoms with Crippen molar-refractivity contribution < 1.29 is 9.90 Å². The molecule has 1 aromatic carbocycles. The second-order valence-corrected chi connectivity index (χ2v) is 6.40. The molecule has 0 saturated carbocycles. The lowest BCUT2D eigenvalue weighted by Gasteiger charge is -2.13. The molecule has 2 aromatic heterocycles. The van der Waals surface area contributed by atoms with Gasteiger partial charge in [0.05, 0.1) is 10.7 Å². The Kier molecular flexibility index (Phi) is 4.81. The van der Waals surface area contributed by atoms with Crippen molar-refractivity contribution in [3.05, 3.63) is 75.1 Å². The first-order valence-electron chi connectivity index (χ1n) is 6.93. The van der Waals surface area contributed by atoms with Gasteiger partial charge in [-0.3, -0.25) is 4.98 Å². The molecule has 0 fully saturated rings. The smallest absolute Gasteiger partial charge is 0.352 e. The molecule has 0 spiro atoms. The van der Waals surface area contributed by atoms with Crippen LogP contribution in [0.3, 0.4) is 0 Å². The first-order valence-corrected chi connectivity index (χ1v) is 8.07. The Hall–Kier alpha value is -2.01. The van der Waals surface area contributed by atoms with Crippen molar-refractivity contribution in [1.82, 2.24) is 9.55 Å². The van der Waals surface area contributed by atoms with Crippen LogP contribution in [-0.2, 0) is 6.54 Å². The second-order valence-electron chi connectivity index (χ2n) is 5.12. The molecular formula is C17H11Cl3N2O2. The van der Waals surface area contributed by atoms with Crippen LogP contribution in [-0.4, -0.2) is 20.6 Å². The van der Waals surface area contributed by atoms with Crippen molar-refractivity contribution in [1.29, 1.82) is 0 Å². The zero-order valence-electron chi connectivity index (χ0n) is 12.2. The molecular weight excluding hydrogens is 371 g/mol. The van der Waals surface area contributed by atoms with E-state index >= 15 is 0 Å². The summed E-state index contributed by atoms with van der Waals surface area (Å²) in [5.74, 6) is -1.03. The van der Waals surface area contributed by atoms with Crippen LogP contribution in [0, 0.1) is 0 Å². The van der Waals surface area contributed by atoms with Gasteiger partial charge in [0.1, 0.15) is 5.69 Å². The highest BCUT2D eigenvalue weighted by Gasteiger charge is 2.17. The monoisotopic (exact) mass is 380 g/mol. The minimum absolute atomic E-state index is 0.140. The van der Waals surface area contributed by atoms with Crippen molar-refractivity contribution in [3.63, 3.8) is 0 Å². The zero-order valence-corrected chi connectivity index (χ0v) is 14.5. The molecule has 0 unspecified atom stereocenters. The number of carboxylic acid groups (broad SMARTS) is 1. The Morgan fingerprint density at radius 3 is 2.54 bits per heavy atom. The first kappa shape index (κ1) is 16.8. The fourth-order valence-electron chi connectivity index (χ4n) is 2.46. The third-order valence-electron chi connectivity index (χ3n) is 3.54. The topological polar surface area (TPSA) is 55.1 Å². The molecule has 7 heteroatoms. The Morgan fingerprint density at radius 1 is 1.04 bits per heavy atom. The van der Waals surface area contributed by atoms with Crippen LogP contribution < -0.4 is 0 Å². The van der Waals surface area contributed by atoms with Gasteiger partial charge < -0.3 is 9.67 Å². The van der Waals surface area contributed by atoms with E-state index in [1.165, 1.54) is 12.3 Å². The number of halogens is 3. The number of benzene rings is 1. The zero-order chi connectivity index (χ0) is 17.3. The van der Waals surface area contributed by atoms with E-state index in [4.69, 9.17) is 34.8 Å². The van der Waals surface area contributed by atoms with Crippen LogP contribution in [0.5, 0.6) is 0 Å². The van der Waals surface area contributed by atoms with Crippen LogP contribution >= 0.6 is 34.8 Å². The number of carbonyl (C=O) groups is 1. The quantitative estimate of drug-likeness (QED) is 0.671. The largest absolute Gasteiger partial charge is 0.477 e. The third kappa shape index (κ3) is 3.41. The predicted octanol–water partition coefficient (Wildman–Crippen LogP) is 5.26. The van der Waals surface area contributed by atoms with E-state index in [1.54, 1.807) is 41.1 Å². The Labute approximate surface area is 153 Å². The summed E-state index contributed by atoms with van der Waals surface area (Å²) in [6.07, 6.45) is 3.15. The summed E-state index contributed by atoms with van der Waals surface area (Å²) < 4.78 is 1.65. The SMILES string of the molecule is O=C(O)c1ccc(-c2cncc(Cl)c2)n1Cc1cc(Cl)ccc1Cl. The molecule has 0 saturated heterocycles. The number of nitrogens with zero attached hydrogens (tertiary/aromatic N) is 2. The fraction of sp³-hybridized carbons (Fsp3) is 0.0588. The van der Waals surface area contributed by atoms with E-state index in [-0.39, 0.29) is 12.2 Å². The van der Waals surface area contributed by atoms with Gasteiger partial charge in [-0.2, -0.15) is 0 Å². The molecule has 0 aliphatic heterocycles. The highest BCUT2D eigenvalue weighted by molar-refractivity contribution is 6.33. The van der Waals surface area contributed by atoms with Crippen molar-refractivity contribution in [3.8, 4) is 11.3 Å². The summed E-state index contributed by atoms with van der Waals surface area (Å²) in [5.41, 5.74) is 2.26. The van der Waals surface area contributed by atoms with Crippen LogP contribution in [0.4, 0.5) is 0 Å². The number of carboxylic acids is 1. The molecule has 0 amide bonds. The van der Waals surface area contributed by atoms with E-state index in [0.29, 0.717) is 26.3 Å². The molecule has 2 heterocycles. The molecule has 0 aliphatic carbocycles. The number of hydrogen-bond donors (Lipinski definition) is 1. The number of hydrogen-bond acceptors (Lipinski definition) is 2. The molecule has 3 aromatic rings. The lowest BCUT2D eigenvalue weighted by atomic mass is 10.2. The Bertz CT molecular complexity index is 922. The van der Waals surface area contributed by atoms with Crippen LogP contribution in [0.1, 0.15) is 16.1 Å². The van der Waals surface area contributed by atoms with Gasteiger partial charge in [0.25, 0.3) is 0 Å². The lowest BCUT2D eigenvalue weighted by molar-refractivity contribution is 0.0686. The van der Waals surface area contributed by atoms with Crippen molar-refractivity contribution >= 4 is 40.8 Å². The maximum Gasteiger partial charge on any atom is 0.352 e. The van der Waals surface area contributed by atoms with Crippen molar-refractivity contribution in [2.24, 2.45) is 0 Å². The molecule has 122 valence electrons. The molecule has 0 atom stereocenters. The standard InChI is InChI=1S/C17H11Cl3N2O2/c18-12-1-2-14(20)11(6-12)9-22-15(3-4-16(22)17(23)24)10-5-13(19)8-21-7-10/h1-8H,9H2,(H,23,24). The van der Waals surface area contributed by atoms with Gasteiger partial charge in [0.2, 0.25) is 0 Å². The molecule has 1 N–H and O–H groups in total. The summed E-state index contributed by atoms with van der Waals surface area (Å²) in [5, 5.41) is 11.0. The number of pyridine rings is 1. The number of aromatic carboxylic acids is 1. The number of rotatable bonds is 4. The van der Waals surface area contributed by atoms with Gasteiger partial charge in [-0.1, -0.05) is 34.8 Å². The predicted molar refractivity (Wildman–Crippen MR) is 95.2 cm³/mol. The van der Waals surface area contributed by atoms with Gasteiger partial charge >= 0.3 is 5.97 Å². The van der Waals surface area contributed by atoms with Crippen LogP contribution in [0.2, 0.25) is 15.1 Å². The van der Waals surface area contributed by atoms with Gasteiger partial charge in [-0.05, 0) is 42.0 Å². The van der Waals surface area contributed by atoms with E-state index in [0.717, 1.165) is 5.56 Å². The molecule has 3 rings (SSSR count). The Balaban J connectivity index is 2.13. The summed E-state index contributed by atoms with van der Waals surface area (Å²) in [4.78, 5) is 15.6. The highest BCUT2D eigenvalue weighted by Crippen LogP contribution is 2.28. The number of aromatic nitrogens is 2. The van der Waals surface area contributed by atoms with E-state index in [2.05, 4.69) is 4.98 Å². The summed E-state index contributed by atoms with van der Waals surface area (Å²) in [7, 11) is 0. The van der Waals surface area contributed by atoms with E-state index < -0.39 is 5.97 Å². The lowest BCUT2D eigenvalue weighted by Crippen LogP contribution is -2.11. The third-order valence-corrected chi connectivity index (χ3v) is 4.35. The maximum absolute atomic E-state index is 11.6. The summed E-state index contributed by atoms with van der Waals surface area (Å²) in [6.45, 7) is 0.260. The van der Waals surface area contributed by atoms with E-state index in [1.807, 2.05) is 0 Å². The van der Waals surface area contributed by atoms with Gasteiger partial charge in [0, 0.05) is 34.5 Å². The highest BCUT2D eigenvalue weighted by atomic mass is 35.5.